The molecule has 0 bridgehead atoms. The van der Waals surface area contributed by atoms with Gasteiger partial charge in [0.15, 0.2) is 6.61 Å². The molecule has 0 aliphatic heterocycles. The van der Waals surface area contributed by atoms with E-state index in [1.54, 1.807) is 24.3 Å². The zero-order chi connectivity index (χ0) is 18.1. The third kappa shape index (κ3) is 6.30. The molecule has 0 saturated heterocycles. The van der Waals surface area contributed by atoms with Crippen LogP contribution in [0, 0.1) is 10.1 Å². The van der Waals surface area contributed by atoms with Gasteiger partial charge in [0.25, 0.3) is 11.6 Å². The highest BCUT2D eigenvalue weighted by Crippen LogP contribution is 2.12. The SMILES string of the molecule is O=C(COc1ccccc1)NCC(=O)OCc1ccc([N+](=O)[O-])cc1. The van der Waals surface area contributed by atoms with Crippen molar-refractivity contribution in [2.75, 3.05) is 13.2 Å². The van der Waals surface area contributed by atoms with Crippen LogP contribution in [0.5, 0.6) is 5.75 Å². The summed E-state index contributed by atoms with van der Waals surface area (Å²) in [6.45, 7) is -0.531. The van der Waals surface area contributed by atoms with Crippen LogP contribution >= 0.6 is 0 Å². The summed E-state index contributed by atoms with van der Waals surface area (Å²) < 4.78 is 10.2. The van der Waals surface area contributed by atoms with E-state index >= 15 is 0 Å². The van der Waals surface area contributed by atoms with Crippen molar-refractivity contribution in [3.05, 3.63) is 70.3 Å². The molecular weight excluding hydrogens is 328 g/mol. The lowest BCUT2D eigenvalue weighted by Crippen LogP contribution is -2.34. The Bertz CT molecular complexity index is 731. The molecule has 0 aromatic heterocycles. The molecule has 0 spiro atoms. The Kier molecular flexibility index (Phi) is 6.47. The number of para-hydroxylation sites is 1. The Balaban J connectivity index is 1.66. The molecule has 0 radical (unpaired) electrons. The molecular formula is C17H16N2O6. The van der Waals surface area contributed by atoms with Gasteiger partial charge in [0, 0.05) is 12.1 Å². The Morgan fingerprint density at radius 3 is 2.36 bits per heavy atom. The Hall–Kier alpha value is -3.42. The van der Waals surface area contributed by atoms with Crippen molar-refractivity contribution in [2.24, 2.45) is 0 Å². The molecule has 0 fully saturated rings. The van der Waals surface area contributed by atoms with E-state index in [0.717, 1.165) is 0 Å². The smallest absolute Gasteiger partial charge is 0.325 e. The molecule has 0 unspecified atom stereocenters. The quantitative estimate of drug-likeness (QED) is 0.445. The van der Waals surface area contributed by atoms with Crippen LogP contribution in [-0.4, -0.2) is 30.0 Å². The highest BCUT2D eigenvalue weighted by Gasteiger charge is 2.09. The molecule has 1 N–H and O–H groups in total. The number of amides is 1. The summed E-state index contributed by atoms with van der Waals surface area (Å²) in [6.07, 6.45) is 0. The van der Waals surface area contributed by atoms with Crippen molar-refractivity contribution in [3.63, 3.8) is 0 Å². The number of hydrogen-bond acceptors (Lipinski definition) is 6. The van der Waals surface area contributed by atoms with Gasteiger partial charge in [-0.05, 0) is 29.8 Å². The lowest BCUT2D eigenvalue weighted by atomic mass is 10.2. The molecule has 2 aromatic carbocycles. The monoisotopic (exact) mass is 344 g/mol. The zero-order valence-electron chi connectivity index (χ0n) is 13.2. The minimum Gasteiger partial charge on any atom is -0.484 e. The first-order valence-electron chi connectivity index (χ1n) is 7.38. The summed E-state index contributed by atoms with van der Waals surface area (Å²) in [4.78, 5) is 33.2. The predicted molar refractivity (Wildman–Crippen MR) is 87.8 cm³/mol. The van der Waals surface area contributed by atoms with E-state index in [1.807, 2.05) is 6.07 Å². The van der Waals surface area contributed by atoms with Crippen LogP contribution in [0.15, 0.2) is 54.6 Å². The maximum atomic E-state index is 11.6. The number of nitrogens with zero attached hydrogens (tertiary/aromatic N) is 1. The molecule has 2 rings (SSSR count). The van der Waals surface area contributed by atoms with Crippen LogP contribution in [0.3, 0.4) is 0 Å². The highest BCUT2D eigenvalue weighted by atomic mass is 16.6. The average molecular weight is 344 g/mol. The Labute approximate surface area is 143 Å². The molecule has 0 aliphatic rings. The lowest BCUT2D eigenvalue weighted by molar-refractivity contribution is -0.384. The number of carbonyl (C=O) groups excluding carboxylic acids is 2. The average Bonchev–Trinajstić information content (AvgIpc) is 2.64. The van der Waals surface area contributed by atoms with E-state index in [-0.39, 0.29) is 25.4 Å². The van der Waals surface area contributed by atoms with E-state index in [9.17, 15) is 19.7 Å². The van der Waals surface area contributed by atoms with Crippen molar-refractivity contribution >= 4 is 17.6 Å². The first kappa shape index (κ1) is 17.9. The second-order valence-corrected chi connectivity index (χ2v) is 4.96. The number of nitro groups is 1. The Morgan fingerprint density at radius 1 is 1.04 bits per heavy atom. The van der Waals surface area contributed by atoms with Gasteiger partial charge in [0.2, 0.25) is 0 Å². The second kappa shape index (κ2) is 9.02. The zero-order valence-corrected chi connectivity index (χ0v) is 13.2. The molecule has 0 aliphatic carbocycles. The number of esters is 1. The van der Waals surface area contributed by atoms with Crippen LogP contribution in [0.25, 0.3) is 0 Å². The standard InChI is InChI=1S/C17H16N2O6/c20-16(12-24-15-4-2-1-3-5-15)18-10-17(21)25-11-13-6-8-14(9-7-13)19(22)23/h1-9H,10-12H2,(H,18,20). The van der Waals surface area contributed by atoms with Crippen LogP contribution in [0.1, 0.15) is 5.56 Å². The van der Waals surface area contributed by atoms with Gasteiger partial charge >= 0.3 is 5.97 Å². The van der Waals surface area contributed by atoms with Gasteiger partial charge in [0.1, 0.15) is 18.9 Å². The summed E-state index contributed by atoms with van der Waals surface area (Å²) >= 11 is 0. The van der Waals surface area contributed by atoms with Crippen molar-refractivity contribution in [2.45, 2.75) is 6.61 Å². The fourth-order valence-electron chi connectivity index (χ4n) is 1.82. The van der Waals surface area contributed by atoms with Gasteiger partial charge in [-0.3, -0.25) is 19.7 Å². The molecule has 8 nitrogen and oxygen atoms in total. The molecule has 0 saturated carbocycles. The maximum Gasteiger partial charge on any atom is 0.325 e. The van der Waals surface area contributed by atoms with E-state index in [1.165, 1.54) is 24.3 Å². The molecule has 25 heavy (non-hydrogen) atoms. The van der Waals surface area contributed by atoms with E-state index in [4.69, 9.17) is 9.47 Å². The minimum atomic E-state index is -0.619. The summed E-state index contributed by atoms with van der Waals surface area (Å²) in [5, 5.41) is 12.9. The summed E-state index contributed by atoms with van der Waals surface area (Å²) in [7, 11) is 0. The van der Waals surface area contributed by atoms with Crippen molar-refractivity contribution < 1.29 is 24.0 Å². The molecule has 130 valence electrons. The van der Waals surface area contributed by atoms with Crippen molar-refractivity contribution in [3.8, 4) is 5.75 Å². The molecule has 0 atom stereocenters. The van der Waals surface area contributed by atoms with Gasteiger partial charge in [-0.25, -0.2) is 0 Å². The summed E-state index contributed by atoms with van der Waals surface area (Å²) in [6, 6.07) is 14.5. The number of carbonyl (C=O) groups is 2. The van der Waals surface area contributed by atoms with Crippen LogP contribution in [-0.2, 0) is 20.9 Å². The number of nitro benzene ring substituents is 1. The molecule has 8 heteroatoms. The van der Waals surface area contributed by atoms with Gasteiger partial charge < -0.3 is 14.8 Å². The maximum absolute atomic E-state index is 11.6. The van der Waals surface area contributed by atoms with Crippen LogP contribution < -0.4 is 10.1 Å². The first-order valence-corrected chi connectivity index (χ1v) is 7.38. The van der Waals surface area contributed by atoms with E-state index in [2.05, 4.69) is 5.32 Å². The number of rotatable bonds is 8. The fourth-order valence-corrected chi connectivity index (χ4v) is 1.82. The first-order chi connectivity index (χ1) is 12.0. The summed E-state index contributed by atoms with van der Waals surface area (Å²) in [5.41, 5.74) is 0.568. The van der Waals surface area contributed by atoms with Crippen LogP contribution in [0.2, 0.25) is 0 Å². The minimum absolute atomic E-state index is 0.0345. The number of benzene rings is 2. The topological polar surface area (TPSA) is 108 Å². The largest absolute Gasteiger partial charge is 0.484 e. The van der Waals surface area contributed by atoms with Gasteiger partial charge in [-0.15, -0.1) is 0 Å². The highest BCUT2D eigenvalue weighted by molar-refractivity contribution is 5.82. The lowest BCUT2D eigenvalue weighted by Gasteiger charge is -2.08. The van der Waals surface area contributed by atoms with E-state index < -0.39 is 16.8 Å². The van der Waals surface area contributed by atoms with E-state index in [0.29, 0.717) is 11.3 Å². The predicted octanol–water partition coefficient (Wildman–Crippen LogP) is 1.83. The number of hydrogen-bond donors (Lipinski definition) is 1. The number of ether oxygens (including phenoxy) is 2. The third-order valence-electron chi connectivity index (χ3n) is 3.09. The van der Waals surface area contributed by atoms with Gasteiger partial charge in [0.05, 0.1) is 4.92 Å². The second-order valence-electron chi connectivity index (χ2n) is 4.96. The third-order valence-corrected chi connectivity index (χ3v) is 3.09. The summed E-state index contributed by atoms with van der Waals surface area (Å²) in [5.74, 6) is -0.513. The van der Waals surface area contributed by atoms with Gasteiger partial charge in [-0.2, -0.15) is 0 Å². The van der Waals surface area contributed by atoms with Crippen molar-refractivity contribution in [1.29, 1.82) is 0 Å². The Morgan fingerprint density at radius 2 is 1.72 bits per heavy atom. The van der Waals surface area contributed by atoms with Crippen molar-refractivity contribution in [1.82, 2.24) is 5.32 Å². The van der Waals surface area contributed by atoms with Crippen LogP contribution in [0.4, 0.5) is 5.69 Å². The molecule has 0 heterocycles. The normalized spacial score (nSPS) is 9.92. The fraction of sp³-hybridized carbons (Fsp3) is 0.176. The number of nitrogens with one attached hydrogen (secondary N) is 1. The van der Waals surface area contributed by atoms with Gasteiger partial charge in [-0.1, -0.05) is 18.2 Å². The molecule has 2 aromatic rings. The number of non-ortho nitro benzene ring substituents is 1. The molecule has 1 amide bonds.